The van der Waals surface area contributed by atoms with Crippen LogP contribution in [0.2, 0.25) is 5.02 Å². The second-order valence-corrected chi connectivity index (χ2v) is 15.6. The van der Waals surface area contributed by atoms with Gasteiger partial charge in [-0.2, -0.15) is 0 Å². The fourth-order valence-electron chi connectivity index (χ4n) is 8.27. The van der Waals surface area contributed by atoms with Gasteiger partial charge in [-0.1, -0.05) is 54.1 Å². The Hall–Kier alpha value is -4.49. The minimum Gasteiger partial charge on any atom is -0.496 e. The van der Waals surface area contributed by atoms with Crippen molar-refractivity contribution in [2.45, 2.75) is 90.6 Å². The van der Waals surface area contributed by atoms with Crippen molar-refractivity contribution in [1.29, 1.82) is 0 Å². The van der Waals surface area contributed by atoms with Crippen molar-refractivity contribution in [2.24, 2.45) is 0 Å². The highest BCUT2D eigenvalue weighted by molar-refractivity contribution is 6.32. The van der Waals surface area contributed by atoms with Gasteiger partial charge in [0.25, 0.3) is 5.91 Å². The topological polar surface area (TPSA) is 78.9 Å². The first-order valence-electron chi connectivity index (χ1n) is 18.3. The van der Waals surface area contributed by atoms with Crippen molar-refractivity contribution in [3.63, 3.8) is 0 Å². The third-order valence-corrected chi connectivity index (χ3v) is 10.5. The molecule has 1 amide bonds. The van der Waals surface area contributed by atoms with E-state index >= 15 is 4.79 Å². The summed E-state index contributed by atoms with van der Waals surface area (Å²) in [5, 5.41) is -0.219. The summed E-state index contributed by atoms with van der Waals surface area (Å²) in [4.78, 5) is 19.0. The molecular weight excluding hydrogens is 749 g/mol. The van der Waals surface area contributed by atoms with Crippen molar-refractivity contribution < 1.29 is 46.4 Å². The number of nitrogens with zero attached hydrogens (tertiary/aromatic N) is 2. The van der Waals surface area contributed by atoms with Gasteiger partial charge in [-0.15, -0.1) is 13.2 Å². The van der Waals surface area contributed by atoms with Gasteiger partial charge in [0.15, 0.2) is 0 Å². The van der Waals surface area contributed by atoms with Gasteiger partial charge >= 0.3 is 6.36 Å². The number of hydrogen-bond acceptors (Lipinski definition) is 8. The maximum atomic E-state index is 15.2. The lowest BCUT2D eigenvalue weighted by molar-refractivity contribution is -0.317. The molecule has 0 bridgehead atoms. The molecule has 2 aliphatic rings. The fourth-order valence-corrected chi connectivity index (χ4v) is 8.51. The first-order chi connectivity index (χ1) is 26.3. The molecule has 2 atom stereocenters. The van der Waals surface area contributed by atoms with Gasteiger partial charge in [-0.05, 0) is 107 Å². The summed E-state index contributed by atoms with van der Waals surface area (Å²) in [5.74, 6) is 0.590. The Balaban J connectivity index is 1.72. The Morgan fingerprint density at radius 3 is 1.91 bits per heavy atom. The Labute approximate surface area is 331 Å². The largest absolute Gasteiger partial charge is 0.573 e. The van der Waals surface area contributed by atoms with Gasteiger partial charge in [-0.25, -0.2) is 0 Å². The summed E-state index contributed by atoms with van der Waals surface area (Å²) in [5.41, 5.74) is -1.71. The Kier molecular flexibility index (Phi) is 11.1. The molecule has 0 aliphatic carbocycles. The van der Waals surface area contributed by atoms with Crippen LogP contribution in [0.25, 0.3) is 0 Å². The van der Waals surface area contributed by atoms with E-state index in [-0.39, 0.29) is 30.6 Å². The monoisotopic (exact) mass is 796 g/mol. The lowest BCUT2D eigenvalue weighted by Gasteiger charge is -2.54. The van der Waals surface area contributed by atoms with Crippen molar-refractivity contribution >= 4 is 17.5 Å². The maximum Gasteiger partial charge on any atom is 0.573 e. The van der Waals surface area contributed by atoms with E-state index in [0.717, 1.165) is 22.3 Å². The second-order valence-electron chi connectivity index (χ2n) is 15.2. The normalized spacial score (nSPS) is 22.0. The number of hydrogen-bond donors (Lipinski definition) is 0. The number of halogens is 4. The fraction of sp³-hybridized carbons (Fsp3) is 0.419. The maximum absolute atomic E-state index is 15.2. The summed E-state index contributed by atoms with van der Waals surface area (Å²) in [6.07, 6.45) is -4.93. The van der Waals surface area contributed by atoms with E-state index in [1.807, 2.05) is 77.1 Å². The van der Waals surface area contributed by atoms with E-state index in [1.165, 1.54) is 18.2 Å². The van der Waals surface area contributed by atoms with Gasteiger partial charge in [0.2, 0.25) is 11.4 Å². The summed E-state index contributed by atoms with van der Waals surface area (Å²) < 4.78 is 77.0. The summed E-state index contributed by atoms with van der Waals surface area (Å²) in [6.45, 7) is 14.2. The molecule has 9 nitrogen and oxygen atoms in total. The zero-order valence-electron chi connectivity index (χ0n) is 33.1. The molecule has 2 saturated heterocycles. The third-order valence-electron chi connectivity index (χ3n) is 10.2. The zero-order chi connectivity index (χ0) is 40.8. The highest BCUT2D eigenvalue weighted by Gasteiger charge is 2.75. The number of carbonyl (C=O) groups excluding carboxylic acids is 1. The lowest BCUT2D eigenvalue weighted by atomic mass is 9.78. The lowest BCUT2D eigenvalue weighted by Crippen LogP contribution is -2.65. The van der Waals surface area contributed by atoms with Crippen LogP contribution in [0, 0.1) is 13.8 Å². The van der Waals surface area contributed by atoms with Crippen molar-refractivity contribution in [3.8, 4) is 23.0 Å². The Morgan fingerprint density at radius 2 is 1.36 bits per heavy atom. The summed E-state index contributed by atoms with van der Waals surface area (Å²) in [6, 6.07) is 23.0. The molecule has 0 spiro atoms. The van der Waals surface area contributed by atoms with E-state index < -0.39 is 34.8 Å². The summed E-state index contributed by atoms with van der Waals surface area (Å²) >= 11 is 6.45. The van der Waals surface area contributed by atoms with E-state index in [2.05, 4.69) is 9.64 Å². The number of carbonyl (C=O) groups is 1. The molecule has 300 valence electrons. The summed E-state index contributed by atoms with van der Waals surface area (Å²) in [7, 11) is 3.08. The Bertz CT molecular complexity index is 2050. The molecule has 56 heavy (non-hydrogen) atoms. The number of rotatable bonds is 12. The van der Waals surface area contributed by atoms with Gasteiger partial charge in [0.05, 0.1) is 37.0 Å². The van der Waals surface area contributed by atoms with Crippen LogP contribution in [-0.4, -0.2) is 60.6 Å². The third kappa shape index (κ3) is 7.28. The van der Waals surface area contributed by atoms with E-state index in [9.17, 15) is 13.2 Å². The van der Waals surface area contributed by atoms with Gasteiger partial charge in [-0.3, -0.25) is 14.6 Å². The number of aryl methyl sites for hydroxylation is 2. The molecule has 4 aromatic rings. The van der Waals surface area contributed by atoms with E-state index in [0.29, 0.717) is 35.0 Å². The van der Waals surface area contributed by atoms with Crippen LogP contribution in [0.5, 0.6) is 23.0 Å². The molecule has 0 N–H and O–H groups in total. The van der Waals surface area contributed by atoms with Crippen LogP contribution >= 0.6 is 11.6 Å². The first kappa shape index (κ1) is 41.2. The molecule has 2 heterocycles. The SMILES string of the molecule is CCOc1ccc(CN2C(=O)C(C)(C)OC2(c2c(OC)cccc2OC)C2(c3c(C)cccc3C)OC(C)(C)CN2Cc2ccc(OC(F)(F)F)c(Cl)c2)cc1. The van der Waals surface area contributed by atoms with Crippen molar-refractivity contribution in [3.05, 3.63) is 117 Å². The van der Waals surface area contributed by atoms with Crippen LogP contribution in [0.3, 0.4) is 0 Å². The molecule has 0 saturated carbocycles. The quantitative estimate of drug-likeness (QED) is 0.140. The number of methoxy groups -OCH3 is 2. The first-order valence-corrected chi connectivity index (χ1v) is 18.7. The minimum absolute atomic E-state index is 0.0650. The Morgan fingerprint density at radius 1 is 0.768 bits per heavy atom. The van der Waals surface area contributed by atoms with Crippen LogP contribution in [0.15, 0.2) is 78.9 Å². The number of benzene rings is 4. The highest BCUT2D eigenvalue weighted by Crippen LogP contribution is 2.64. The smallest absolute Gasteiger partial charge is 0.496 e. The highest BCUT2D eigenvalue weighted by atomic mass is 35.5. The van der Waals surface area contributed by atoms with Crippen LogP contribution in [0.4, 0.5) is 13.2 Å². The van der Waals surface area contributed by atoms with E-state index in [1.54, 1.807) is 51.2 Å². The van der Waals surface area contributed by atoms with Crippen LogP contribution in [-0.2, 0) is 38.8 Å². The minimum atomic E-state index is -4.93. The van der Waals surface area contributed by atoms with Crippen LogP contribution in [0.1, 0.15) is 68.0 Å². The van der Waals surface area contributed by atoms with Gasteiger partial charge < -0.3 is 28.4 Å². The molecule has 13 heteroatoms. The van der Waals surface area contributed by atoms with Crippen molar-refractivity contribution in [2.75, 3.05) is 27.4 Å². The van der Waals surface area contributed by atoms with Crippen molar-refractivity contribution in [1.82, 2.24) is 9.80 Å². The number of ether oxygens (including phenoxy) is 6. The van der Waals surface area contributed by atoms with Gasteiger partial charge in [0.1, 0.15) is 28.6 Å². The average Bonchev–Trinajstić information content (AvgIpc) is 3.51. The molecular formula is C43H48ClF3N2O7. The molecule has 2 unspecified atom stereocenters. The molecule has 0 aromatic heterocycles. The molecule has 0 radical (unpaired) electrons. The molecule has 4 aromatic carbocycles. The second kappa shape index (κ2) is 15.1. The van der Waals surface area contributed by atoms with E-state index in [4.69, 9.17) is 35.3 Å². The zero-order valence-corrected chi connectivity index (χ0v) is 33.9. The predicted octanol–water partition coefficient (Wildman–Crippen LogP) is 9.43. The van der Waals surface area contributed by atoms with Crippen LogP contribution < -0.4 is 18.9 Å². The molecule has 2 aliphatic heterocycles. The standard InChI is InChI=1S/C43H48ClF3N2O7/c1-10-53-31-20-17-29(18-21-31)25-49-38(50)40(6,7)56-42(49,37-34(51-8)15-12-16-35(37)52-9)41(36-27(2)13-11-14-28(36)3)48(26-39(4,5)55-41)24-30-19-22-33(32(44)23-30)54-43(45,46)47/h11-23H,10,24-26H2,1-9H3. The molecule has 2 fully saturated rings. The number of alkyl halides is 3. The van der Waals surface area contributed by atoms with Gasteiger partial charge in [0, 0.05) is 25.2 Å². The number of amides is 1. The average molecular weight is 797 g/mol. The molecule has 6 rings (SSSR count). The predicted molar refractivity (Wildman–Crippen MR) is 206 cm³/mol.